The van der Waals surface area contributed by atoms with Crippen molar-refractivity contribution >= 4 is 11.8 Å². The van der Waals surface area contributed by atoms with Crippen LogP contribution in [0.25, 0.3) is 0 Å². The lowest BCUT2D eigenvalue weighted by Crippen LogP contribution is -2.50. The van der Waals surface area contributed by atoms with Crippen molar-refractivity contribution < 1.29 is 9.59 Å². The average molecular weight is 335 g/mol. The van der Waals surface area contributed by atoms with Gasteiger partial charge in [-0.15, -0.1) is 0 Å². The Morgan fingerprint density at radius 3 is 2.21 bits per heavy atom. The number of likely N-dealkylation sites (tertiary alicyclic amines) is 1. The Bertz CT molecular complexity index is 440. The van der Waals surface area contributed by atoms with Crippen LogP contribution in [0.3, 0.4) is 0 Å². The second kappa shape index (κ2) is 8.32. The first kappa shape index (κ1) is 17.7. The number of nitrogens with one attached hydrogen (secondary N) is 2. The predicted molar refractivity (Wildman–Crippen MR) is 94.5 cm³/mol. The van der Waals surface area contributed by atoms with Crippen molar-refractivity contribution in [2.24, 2.45) is 11.8 Å². The van der Waals surface area contributed by atoms with E-state index in [9.17, 15) is 9.59 Å². The van der Waals surface area contributed by atoms with Crippen LogP contribution in [0.5, 0.6) is 0 Å². The van der Waals surface area contributed by atoms with Crippen LogP contribution in [0.1, 0.15) is 64.2 Å². The van der Waals surface area contributed by atoms with Crippen molar-refractivity contribution in [3.8, 4) is 0 Å². The standard InChI is InChI=1S/C19H33N3O2/c1-20-17-7-4-12-22(13-17)19(24)15-8-10-16(11-9-15)21-18(23)14-5-2-3-6-14/h14-17,20H,2-13H2,1H3,(H,21,23). The van der Waals surface area contributed by atoms with Crippen molar-refractivity contribution in [2.45, 2.75) is 76.3 Å². The van der Waals surface area contributed by atoms with Crippen molar-refractivity contribution in [3.63, 3.8) is 0 Å². The molecule has 0 bridgehead atoms. The highest BCUT2D eigenvalue weighted by molar-refractivity contribution is 5.80. The monoisotopic (exact) mass is 335 g/mol. The van der Waals surface area contributed by atoms with Crippen LogP contribution in [0, 0.1) is 11.8 Å². The van der Waals surface area contributed by atoms with Gasteiger partial charge in [0.15, 0.2) is 0 Å². The summed E-state index contributed by atoms with van der Waals surface area (Å²) in [5, 5.41) is 6.55. The molecule has 3 aliphatic rings. The van der Waals surface area contributed by atoms with Gasteiger partial charge in [-0.3, -0.25) is 9.59 Å². The second-order valence-corrected chi connectivity index (χ2v) is 7.95. The van der Waals surface area contributed by atoms with Gasteiger partial charge in [-0.2, -0.15) is 0 Å². The maximum atomic E-state index is 12.8. The zero-order valence-corrected chi connectivity index (χ0v) is 15.1. The summed E-state index contributed by atoms with van der Waals surface area (Å²) >= 11 is 0. The van der Waals surface area contributed by atoms with Crippen LogP contribution in [0.2, 0.25) is 0 Å². The second-order valence-electron chi connectivity index (χ2n) is 7.95. The maximum absolute atomic E-state index is 12.8. The number of rotatable bonds is 4. The Morgan fingerprint density at radius 2 is 1.54 bits per heavy atom. The fraction of sp³-hybridized carbons (Fsp3) is 0.895. The molecule has 24 heavy (non-hydrogen) atoms. The lowest BCUT2D eigenvalue weighted by molar-refractivity contribution is -0.138. The summed E-state index contributed by atoms with van der Waals surface area (Å²) in [6.07, 6.45) is 10.5. The Balaban J connectivity index is 1.42. The molecule has 2 N–H and O–H groups in total. The van der Waals surface area contributed by atoms with Crippen LogP contribution in [-0.2, 0) is 9.59 Å². The quantitative estimate of drug-likeness (QED) is 0.827. The Morgan fingerprint density at radius 1 is 0.833 bits per heavy atom. The van der Waals surface area contributed by atoms with Crippen LogP contribution in [0.4, 0.5) is 0 Å². The van der Waals surface area contributed by atoms with Gasteiger partial charge in [0.1, 0.15) is 0 Å². The molecule has 2 aliphatic carbocycles. The molecule has 1 heterocycles. The normalized spacial score (nSPS) is 31.9. The minimum atomic E-state index is 0.167. The molecular weight excluding hydrogens is 302 g/mol. The Hall–Kier alpha value is -1.10. The molecule has 5 heteroatoms. The van der Waals surface area contributed by atoms with E-state index >= 15 is 0 Å². The summed E-state index contributed by atoms with van der Waals surface area (Å²) in [4.78, 5) is 27.1. The third-order valence-electron chi connectivity index (χ3n) is 6.29. The van der Waals surface area contributed by atoms with E-state index in [0.717, 1.165) is 58.0 Å². The van der Waals surface area contributed by atoms with E-state index in [1.807, 2.05) is 7.05 Å². The van der Waals surface area contributed by atoms with Crippen LogP contribution in [-0.4, -0.2) is 48.9 Å². The van der Waals surface area contributed by atoms with Gasteiger partial charge in [-0.1, -0.05) is 12.8 Å². The van der Waals surface area contributed by atoms with Gasteiger partial charge in [-0.25, -0.2) is 0 Å². The molecule has 2 amide bonds. The minimum absolute atomic E-state index is 0.167. The number of piperidine rings is 1. The summed E-state index contributed by atoms with van der Waals surface area (Å²) in [6.45, 7) is 1.77. The first-order chi connectivity index (χ1) is 11.7. The average Bonchev–Trinajstić information content (AvgIpc) is 3.16. The molecule has 0 aromatic rings. The molecule has 0 spiro atoms. The summed E-state index contributed by atoms with van der Waals surface area (Å²) in [7, 11) is 1.98. The summed E-state index contributed by atoms with van der Waals surface area (Å²) in [5.74, 6) is 1.02. The molecular formula is C19H33N3O2. The van der Waals surface area contributed by atoms with Gasteiger partial charge >= 0.3 is 0 Å². The molecule has 136 valence electrons. The first-order valence-corrected chi connectivity index (χ1v) is 9.93. The van der Waals surface area contributed by atoms with Gasteiger partial charge < -0.3 is 15.5 Å². The molecule has 1 aliphatic heterocycles. The smallest absolute Gasteiger partial charge is 0.225 e. The first-order valence-electron chi connectivity index (χ1n) is 9.93. The zero-order chi connectivity index (χ0) is 16.9. The lowest BCUT2D eigenvalue weighted by Gasteiger charge is -2.37. The van der Waals surface area contributed by atoms with Crippen molar-refractivity contribution in [3.05, 3.63) is 0 Å². The van der Waals surface area contributed by atoms with Gasteiger partial charge in [0.05, 0.1) is 0 Å². The van der Waals surface area contributed by atoms with Crippen molar-refractivity contribution in [2.75, 3.05) is 20.1 Å². The van der Waals surface area contributed by atoms with E-state index in [-0.39, 0.29) is 23.8 Å². The third-order valence-corrected chi connectivity index (χ3v) is 6.29. The van der Waals surface area contributed by atoms with Gasteiger partial charge in [-0.05, 0) is 58.4 Å². The fourth-order valence-corrected chi connectivity index (χ4v) is 4.66. The number of carbonyl (C=O) groups is 2. The molecule has 0 radical (unpaired) electrons. The summed E-state index contributed by atoms with van der Waals surface area (Å²) < 4.78 is 0. The molecule has 5 nitrogen and oxygen atoms in total. The predicted octanol–water partition coefficient (Wildman–Crippen LogP) is 2.06. The van der Waals surface area contributed by atoms with E-state index in [4.69, 9.17) is 0 Å². The molecule has 1 atom stereocenters. The van der Waals surface area contributed by atoms with E-state index in [2.05, 4.69) is 15.5 Å². The van der Waals surface area contributed by atoms with Crippen molar-refractivity contribution in [1.29, 1.82) is 0 Å². The molecule has 3 fully saturated rings. The topological polar surface area (TPSA) is 61.4 Å². The van der Waals surface area contributed by atoms with E-state index in [0.29, 0.717) is 11.9 Å². The number of nitrogens with zero attached hydrogens (tertiary/aromatic N) is 1. The summed E-state index contributed by atoms with van der Waals surface area (Å²) in [5.41, 5.74) is 0. The molecule has 0 aromatic carbocycles. The number of likely N-dealkylation sites (N-methyl/N-ethyl adjacent to an activating group) is 1. The molecule has 1 unspecified atom stereocenters. The Kier molecular flexibility index (Phi) is 6.14. The Labute approximate surface area is 145 Å². The van der Waals surface area contributed by atoms with E-state index in [1.165, 1.54) is 19.3 Å². The zero-order valence-electron chi connectivity index (χ0n) is 15.1. The highest BCUT2D eigenvalue weighted by Crippen LogP contribution is 2.29. The van der Waals surface area contributed by atoms with Gasteiger partial charge in [0.25, 0.3) is 0 Å². The highest BCUT2D eigenvalue weighted by Gasteiger charge is 2.33. The number of hydrogen-bond donors (Lipinski definition) is 2. The fourth-order valence-electron chi connectivity index (χ4n) is 4.66. The third kappa shape index (κ3) is 4.29. The van der Waals surface area contributed by atoms with Crippen LogP contribution >= 0.6 is 0 Å². The van der Waals surface area contributed by atoms with Crippen LogP contribution < -0.4 is 10.6 Å². The molecule has 0 aromatic heterocycles. The molecule has 3 rings (SSSR count). The van der Waals surface area contributed by atoms with Gasteiger partial charge in [0, 0.05) is 37.0 Å². The molecule has 1 saturated heterocycles. The van der Waals surface area contributed by atoms with Gasteiger partial charge in [0.2, 0.25) is 11.8 Å². The number of amides is 2. The SMILES string of the molecule is CNC1CCCN(C(=O)C2CCC(NC(=O)C3CCCC3)CC2)C1. The largest absolute Gasteiger partial charge is 0.353 e. The molecule has 2 saturated carbocycles. The van der Waals surface area contributed by atoms with Crippen molar-refractivity contribution in [1.82, 2.24) is 15.5 Å². The highest BCUT2D eigenvalue weighted by atomic mass is 16.2. The number of hydrogen-bond acceptors (Lipinski definition) is 3. The maximum Gasteiger partial charge on any atom is 0.225 e. The number of carbonyl (C=O) groups excluding carboxylic acids is 2. The summed E-state index contributed by atoms with van der Waals surface area (Å²) in [6, 6.07) is 0.735. The van der Waals surface area contributed by atoms with Crippen LogP contribution in [0.15, 0.2) is 0 Å². The van der Waals surface area contributed by atoms with E-state index < -0.39 is 0 Å². The minimum Gasteiger partial charge on any atom is -0.353 e. The lowest BCUT2D eigenvalue weighted by atomic mass is 9.84. The van der Waals surface area contributed by atoms with E-state index in [1.54, 1.807) is 0 Å².